The second kappa shape index (κ2) is 10.2. The maximum Gasteiger partial charge on any atom is 0.338 e. The van der Waals surface area contributed by atoms with Gasteiger partial charge in [0.1, 0.15) is 0 Å². The number of hydrogen-bond acceptors (Lipinski definition) is 3. The highest BCUT2D eigenvalue weighted by Gasteiger charge is 2.13. The van der Waals surface area contributed by atoms with Crippen molar-refractivity contribution in [3.05, 3.63) is 114 Å². The normalized spacial score (nSPS) is 10.6. The number of carbonyl (C=O) groups is 1. The highest BCUT2D eigenvalue weighted by Crippen LogP contribution is 2.35. The molecule has 0 unspecified atom stereocenters. The Hall–Kier alpha value is -3.85. The van der Waals surface area contributed by atoms with Crippen LogP contribution in [0.4, 0.5) is 17.1 Å². The monoisotopic (exact) mass is 435 g/mol. The first kappa shape index (κ1) is 22.3. The summed E-state index contributed by atoms with van der Waals surface area (Å²) >= 11 is 0. The number of aryl methyl sites for hydroxylation is 2. The molecule has 0 N–H and O–H groups in total. The molecule has 0 amide bonds. The lowest BCUT2D eigenvalue weighted by Crippen LogP contribution is -2.09. The average Bonchev–Trinajstić information content (AvgIpc) is 2.85. The zero-order chi connectivity index (χ0) is 23.2. The summed E-state index contributed by atoms with van der Waals surface area (Å²) < 4.78 is 5.22. The Balaban J connectivity index is 1.62. The molecule has 0 saturated carbocycles. The first-order chi connectivity index (χ1) is 16.0. The van der Waals surface area contributed by atoms with Crippen LogP contribution in [0.1, 0.15) is 34.8 Å². The Morgan fingerprint density at radius 3 is 1.45 bits per heavy atom. The van der Waals surface area contributed by atoms with Gasteiger partial charge in [0.05, 0.1) is 12.2 Å². The van der Waals surface area contributed by atoms with Crippen LogP contribution in [0.15, 0.2) is 97.1 Å². The summed E-state index contributed by atoms with van der Waals surface area (Å²) in [6, 6.07) is 33.3. The van der Waals surface area contributed by atoms with E-state index < -0.39 is 0 Å². The minimum atomic E-state index is -0.273. The molecule has 0 fully saturated rings. The number of carbonyl (C=O) groups excluding carboxylic acids is 1. The van der Waals surface area contributed by atoms with Gasteiger partial charge in [-0.05, 0) is 79.9 Å². The summed E-state index contributed by atoms with van der Waals surface area (Å²) in [4.78, 5) is 14.3. The Kier molecular flexibility index (Phi) is 6.89. The minimum absolute atomic E-state index is 0.273. The fourth-order valence-electron chi connectivity index (χ4n) is 3.71. The number of esters is 1. The minimum Gasteiger partial charge on any atom is -0.462 e. The van der Waals surface area contributed by atoms with Crippen LogP contribution in [0.2, 0.25) is 0 Å². The van der Waals surface area contributed by atoms with Gasteiger partial charge in [-0.2, -0.15) is 0 Å². The van der Waals surface area contributed by atoms with Gasteiger partial charge in [-0.25, -0.2) is 4.79 Å². The molecule has 0 aromatic heterocycles. The van der Waals surface area contributed by atoms with Crippen LogP contribution in [0.5, 0.6) is 0 Å². The van der Waals surface area contributed by atoms with Crippen LogP contribution in [-0.2, 0) is 4.74 Å². The van der Waals surface area contributed by atoms with Crippen molar-refractivity contribution in [2.24, 2.45) is 0 Å². The molecule has 0 saturated heterocycles. The smallest absolute Gasteiger partial charge is 0.338 e. The Bertz CT molecular complexity index is 1150. The second-order valence-electron chi connectivity index (χ2n) is 8.27. The molecule has 4 aromatic carbocycles. The van der Waals surface area contributed by atoms with Crippen LogP contribution >= 0.6 is 0 Å². The summed E-state index contributed by atoms with van der Waals surface area (Å²) in [6.45, 7) is 6.63. The third kappa shape index (κ3) is 5.32. The highest BCUT2D eigenvalue weighted by molar-refractivity contribution is 5.90. The molecule has 0 heterocycles. The van der Waals surface area contributed by atoms with Crippen LogP contribution in [0.3, 0.4) is 0 Å². The molecule has 3 heteroatoms. The molecule has 0 aliphatic rings. The van der Waals surface area contributed by atoms with Gasteiger partial charge in [0.2, 0.25) is 0 Å². The molecular formula is C30H29NO2. The largest absolute Gasteiger partial charge is 0.462 e. The molecule has 0 aliphatic heterocycles. The number of ether oxygens (including phenoxy) is 1. The zero-order valence-electron chi connectivity index (χ0n) is 19.4. The number of nitrogens with zero attached hydrogens (tertiary/aromatic N) is 1. The molecule has 0 bridgehead atoms. The lowest BCUT2D eigenvalue weighted by Gasteiger charge is -2.26. The van der Waals surface area contributed by atoms with Crippen molar-refractivity contribution in [3.63, 3.8) is 0 Å². The quantitative estimate of drug-likeness (QED) is 0.275. The van der Waals surface area contributed by atoms with Gasteiger partial charge >= 0.3 is 5.97 Å². The van der Waals surface area contributed by atoms with Crippen LogP contribution < -0.4 is 4.90 Å². The third-order valence-electron chi connectivity index (χ3n) is 5.60. The van der Waals surface area contributed by atoms with Crippen molar-refractivity contribution in [1.82, 2.24) is 0 Å². The molecule has 3 nitrogen and oxygen atoms in total. The zero-order valence-corrected chi connectivity index (χ0v) is 19.4. The molecule has 4 aromatic rings. The van der Waals surface area contributed by atoms with Gasteiger partial charge in [-0.1, -0.05) is 66.6 Å². The number of benzene rings is 4. The van der Waals surface area contributed by atoms with Crippen molar-refractivity contribution in [1.29, 1.82) is 0 Å². The topological polar surface area (TPSA) is 29.5 Å². The fraction of sp³-hybridized carbons (Fsp3) is 0.167. The van der Waals surface area contributed by atoms with Crippen molar-refractivity contribution in [2.45, 2.75) is 27.2 Å². The van der Waals surface area contributed by atoms with E-state index in [4.69, 9.17) is 4.74 Å². The Morgan fingerprint density at radius 1 is 0.636 bits per heavy atom. The third-order valence-corrected chi connectivity index (χ3v) is 5.60. The van der Waals surface area contributed by atoms with E-state index in [1.807, 2.05) is 31.2 Å². The van der Waals surface area contributed by atoms with E-state index in [9.17, 15) is 4.79 Å². The molecule has 0 spiro atoms. The van der Waals surface area contributed by atoms with Crippen molar-refractivity contribution >= 4 is 23.0 Å². The Labute approximate surface area is 196 Å². The van der Waals surface area contributed by atoms with Gasteiger partial charge in [-0.3, -0.25) is 0 Å². The number of rotatable bonds is 7. The predicted molar refractivity (Wildman–Crippen MR) is 137 cm³/mol. The maximum atomic E-state index is 12.1. The SMILES string of the molecule is CCCOC(=O)c1ccc(-c2ccc(N(c3ccc(C)cc3)c3ccc(C)cc3)cc2)cc1. The van der Waals surface area contributed by atoms with Crippen LogP contribution in [0.25, 0.3) is 11.1 Å². The van der Waals surface area contributed by atoms with E-state index in [-0.39, 0.29) is 5.97 Å². The van der Waals surface area contributed by atoms with Crippen molar-refractivity contribution in [2.75, 3.05) is 11.5 Å². The summed E-state index contributed by atoms with van der Waals surface area (Å²) in [5.41, 5.74) is 8.53. The first-order valence-corrected chi connectivity index (χ1v) is 11.4. The van der Waals surface area contributed by atoms with E-state index >= 15 is 0 Å². The van der Waals surface area contributed by atoms with Crippen LogP contribution in [0, 0.1) is 13.8 Å². The molecule has 33 heavy (non-hydrogen) atoms. The van der Waals surface area contributed by atoms with E-state index in [0.717, 1.165) is 34.6 Å². The van der Waals surface area contributed by atoms with E-state index in [1.165, 1.54) is 11.1 Å². The van der Waals surface area contributed by atoms with E-state index in [0.29, 0.717) is 12.2 Å². The van der Waals surface area contributed by atoms with Gasteiger partial charge in [0.25, 0.3) is 0 Å². The fourth-order valence-corrected chi connectivity index (χ4v) is 3.71. The molecule has 4 rings (SSSR count). The summed E-state index contributed by atoms with van der Waals surface area (Å²) in [6.07, 6.45) is 0.818. The second-order valence-corrected chi connectivity index (χ2v) is 8.27. The molecule has 0 aliphatic carbocycles. The predicted octanol–water partition coefficient (Wildman–Crippen LogP) is 8.01. The number of hydrogen-bond donors (Lipinski definition) is 0. The van der Waals surface area contributed by atoms with Crippen molar-refractivity contribution < 1.29 is 9.53 Å². The maximum absolute atomic E-state index is 12.1. The van der Waals surface area contributed by atoms with Gasteiger partial charge in [-0.15, -0.1) is 0 Å². The molecule has 0 radical (unpaired) electrons. The van der Waals surface area contributed by atoms with Crippen molar-refractivity contribution in [3.8, 4) is 11.1 Å². The molecular weight excluding hydrogens is 406 g/mol. The van der Waals surface area contributed by atoms with Crippen LogP contribution in [-0.4, -0.2) is 12.6 Å². The van der Waals surface area contributed by atoms with E-state index in [2.05, 4.69) is 91.5 Å². The number of anilines is 3. The molecule has 166 valence electrons. The molecule has 0 atom stereocenters. The highest BCUT2D eigenvalue weighted by atomic mass is 16.5. The summed E-state index contributed by atoms with van der Waals surface area (Å²) in [5, 5.41) is 0. The van der Waals surface area contributed by atoms with E-state index in [1.54, 1.807) is 0 Å². The van der Waals surface area contributed by atoms with Gasteiger partial charge < -0.3 is 9.64 Å². The lowest BCUT2D eigenvalue weighted by atomic mass is 10.0. The average molecular weight is 436 g/mol. The summed E-state index contributed by atoms with van der Waals surface area (Å²) in [5.74, 6) is -0.273. The standard InChI is InChI=1S/C30H29NO2/c1-4-21-33-30(32)26-11-9-24(10-12-26)25-13-19-29(20-14-25)31(27-15-5-22(2)6-16-27)28-17-7-23(3)8-18-28/h5-20H,4,21H2,1-3H3. The van der Waals surface area contributed by atoms with Gasteiger partial charge in [0.15, 0.2) is 0 Å². The van der Waals surface area contributed by atoms with Gasteiger partial charge in [0, 0.05) is 17.1 Å². The first-order valence-electron chi connectivity index (χ1n) is 11.4. The summed E-state index contributed by atoms with van der Waals surface area (Å²) in [7, 11) is 0. The lowest BCUT2D eigenvalue weighted by molar-refractivity contribution is 0.0505. The Morgan fingerprint density at radius 2 is 1.03 bits per heavy atom.